The maximum atomic E-state index is 13.3. The summed E-state index contributed by atoms with van der Waals surface area (Å²) in [6.45, 7) is 11.9. The van der Waals surface area contributed by atoms with Gasteiger partial charge in [-0.25, -0.2) is 14.5 Å². The molecular formula is C27H31ClN7O2+. The number of piperazine rings is 1. The first-order valence-corrected chi connectivity index (χ1v) is 12.9. The van der Waals surface area contributed by atoms with Gasteiger partial charge in [-0.3, -0.25) is 4.79 Å². The molecule has 2 atom stereocenters. The third-order valence-corrected chi connectivity index (χ3v) is 7.86. The SMILES string of the molecule is Cc1ncc(C(=O)N2CCN3C(O)c4cn5nc(-c6ccc(Cl)cc6)cc(C(C)(C)C)c5[n+]4C3(C)C2)[nH]1. The second-order valence-corrected chi connectivity index (χ2v) is 11.7. The Morgan fingerprint density at radius 3 is 2.62 bits per heavy atom. The molecule has 1 fully saturated rings. The van der Waals surface area contributed by atoms with E-state index >= 15 is 0 Å². The molecule has 9 nitrogen and oxygen atoms in total. The number of aliphatic hydroxyl groups excluding tert-OH is 1. The molecule has 6 rings (SSSR count). The number of nitrogens with zero attached hydrogens (tertiary/aromatic N) is 6. The predicted molar refractivity (Wildman–Crippen MR) is 139 cm³/mol. The minimum absolute atomic E-state index is 0.0901. The highest BCUT2D eigenvalue weighted by Gasteiger charge is 2.57. The Kier molecular flexibility index (Phi) is 5.28. The first-order chi connectivity index (χ1) is 17.5. The maximum Gasteiger partial charge on any atom is 0.312 e. The lowest BCUT2D eigenvalue weighted by Gasteiger charge is -2.43. The van der Waals surface area contributed by atoms with Crippen LogP contribution in [0.5, 0.6) is 0 Å². The number of fused-ring (bicyclic) bond motifs is 5. The van der Waals surface area contributed by atoms with Crippen molar-refractivity contribution in [3.8, 4) is 11.3 Å². The smallest absolute Gasteiger partial charge is 0.312 e. The van der Waals surface area contributed by atoms with Gasteiger partial charge in [0.15, 0.2) is 23.8 Å². The molecule has 10 heteroatoms. The van der Waals surface area contributed by atoms with Crippen LogP contribution in [0.15, 0.2) is 42.7 Å². The normalized spacial score (nSPS) is 21.9. The Bertz CT molecular complexity index is 1530. The van der Waals surface area contributed by atoms with Gasteiger partial charge in [-0.1, -0.05) is 54.1 Å². The fourth-order valence-corrected chi connectivity index (χ4v) is 5.88. The number of halogens is 1. The average Bonchev–Trinajstić information content (AvgIpc) is 3.51. The summed E-state index contributed by atoms with van der Waals surface area (Å²) in [5.74, 6) is 0.615. The molecule has 4 aromatic rings. The highest BCUT2D eigenvalue weighted by atomic mass is 35.5. The van der Waals surface area contributed by atoms with E-state index in [2.05, 4.69) is 53.2 Å². The van der Waals surface area contributed by atoms with Crippen molar-refractivity contribution in [1.82, 2.24) is 29.4 Å². The van der Waals surface area contributed by atoms with Crippen LogP contribution in [-0.4, -0.2) is 60.0 Å². The Morgan fingerprint density at radius 2 is 1.97 bits per heavy atom. The summed E-state index contributed by atoms with van der Waals surface area (Å²) in [4.78, 5) is 24.5. The van der Waals surface area contributed by atoms with Crippen LogP contribution < -0.4 is 4.57 Å². The summed E-state index contributed by atoms with van der Waals surface area (Å²) in [5, 5.41) is 17.1. The van der Waals surface area contributed by atoms with Crippen LogP contribution in [0.1, 0.15) is 61.5 Å². The standard InChI is InChI=1S/C27H30ClN7O2/c1-16-29-13-21(30-16)24(36)32-10-11-33-25(37)22-14-34-23(35(22)27(33,5)15-32)19(26(2,3)4)12-20(31-34)17-6-8-18(28)9-7-17/h6-9,12-14,25,37H,10-11,15H2,1-5H3/p+1. The number of carbonyl (C=O) groups excluding carboxylic acids is 1. The topological polar surface area (TPSA) is 93.6 Å². The zero-order valence-electron chi connectivity index (χ0n) is 21.7. The number of H-pyrrole nitrogens is 1. The van der Waals surface area contributed by atoms with Crippen molar-refractivity contribution in [2.75, 3.05) is 19.6 Å². The van der Waals surface area contributed by atoms with Gasteiger partial charge in [0.1, 0.15) is 17.2 Å². The first-order valence-electron chi connectivity index (χ1n) is 12.5. The molecule has 192 valence electrons. The number of amides is 1. The van der Waals surface area contributed by atoms with Gasteiger partial charge >= 0.3 is 5.65 Å². The Balaban J connectivity index is 1.50. The van der Waals surface area contributed by atoms with E-state index in [-0.39, 0.29) is 11.3 Å². The summed E-state index contributed by atoms with van der Waals surface area (Å²) >= 11 is 6.12. The quantitative estimate of drug-likeness (QED) is 0.395. The molecule has 0 saturated carbocycles. The van der Waals surface area contributed by atoms with Crippen molar-refractivity contribution in [2.45, 2.75) is 51.9 Å². The van der Waals surface area contributed by atoms with E-state index in [1.54, 1.807) is 6.20 Å². The number of aliphatic hydroxyl groups is 1. The third-order valence-electron chi connectivity index (χ3n) is 7.61. The van der Waals surface area contributed by atoms with Crippen LogP contribution in [0.25, 0.3) is 16.9 Å². The number of hydrogen-bond acceptors (Lipinski definition) is 5. The number of rotatable bonds is 2. The van der Waals surface area contributed by atoms with E-state index < -0.39 is 11.9 Å². The molecule has 0 spiro atoms. The molecular weight excluding hydrogens is 490 g/mol. The summed E-state index contributed by atoms with van der Waals surface area (Å²) in [6.07, 6.45) is 2.70. The van der Waals surface area contributed by atoms with E-state index in [1.807, 2.05) is 46.8 Å². The lowest BCUT2D eigenvalue weighted by Crippen LogP contribution is -2.69. The van der Waals surface area contributed by atoms with E-state index in [9.17, 15) is 9.90 Å². The van der Waals surface area contributed by atoms with Crippen molar-refractivity contribution in [3.05, 3.63) is 70.5 Å². The average molecular weight is 521 g/mol. The molecule has 2 aliphatic rings. The van der Waals surface area contributed by atoms with Crippen molar-refractivity contribution < 1.29 is 14.5 Å². The number of carbonyl (C=O) groups is 1. The summed E-state index contributed by atoms with van der Waals surface area (Å²) in [6, 6.07) is 9.78. The molecule has 2 N–H and O–H groups in total. The summed E-state index contributed by atoms with van der Waals surface area (Å²) < 4.78 is 4.05. The molecule has 5 heterocycles. The third kappa shape index (κ3) is 3.67. The van der Waals surface area contributed by atoms with Crippen LogP contribution in [0.2, 0.25) is 5.02 Å². The number of nitrogens with one attached hydrogen (secondary N) is 1. The van der Waals surface area contributed by atoms with Crippen LogP contribution in [0.3, 0.4) is 0 Å². The monoisotopic (exact) mass is 520 g/mol. The molecule has 37 heavy (non-hydrogen) atoms. The van der Waals surface area contributed by atoms with Crippen LogP contribution in [-0.2, 0) is 11.1 Å². The fraction of sp³-hybridized carbons (Fsp3) is 0.407. The number of hydrogen-bond donors (Lipinski definition) is 2. The highest BCUT2D eigenvalue weighted by Crippen LogP contribution is 2.39. The fourth-order valence-electron chi connectivity index (χ4n) is 5.76. The Labute approximate surface area is 220 Å². The summed E-state index contributed by atoms with van der Waals surface area (Å²) in [7, 11) is 0. The van der Waals surface area contributed by atoms with Gasteiger partial charge in [-0.05, 0) is 37.5 Å². The molecule has 2 unspecified atom stereocenters. The minimum atomic E-state index is -0.801. The molecule has 1 amide bonds. The number of aryl methyl sites for hydroxylation is 1. The van der Waals surface area contributed by atoms with Gasteiger partial charge in [0, 0.05) is 23.7 Å². The van der Waals surface area contributed by atoms with Crippen molar-refractivity contribution in [2.24, 2.45) is 0 Å². The Hall–Kier alpha value is -3.27. The van der Waals surface area contributed by atoms with E-state index in [0.717, 1.165) is 28.2 Å². The van der Waals surface area contributed by atoms with Crippen molar-refractivity contribution in [3.63, 3.8) is 0 Å². The predicted octanol–water partition coefficient (Wildman–Crippen LogP) is 3.41. The van der Waals surface area contributed by atoms with Gasteiger partial charge in [-0.2, -0.15) is 0 Å². The minimum Gasteiger partial charge on any atom is -0.370 e. The van der Waals surface area contributed by atoms with Crippen molar-refractivity contribution in [1.29, 1.82) is 0 Å². The maximum absolute atomic E-state index is 13.3. The lowest BCUT2D eigenvalue weighted by atomic mass is 9.87. The largest absolute Gasteiger partial charge is 0.370 e. The second-order valence-electron chi connectivity index (χ2n) is 11.3. The summed E-state index contributed by atoms with van der Waals surface area (Å²) in [5.41, 5.74) is 4.18. The molecule has 0 radical (unpaired) electrons. The lowest BCUT2D eigenvalue weighted by molar-refractivity contribution is -0.749. The van der Waals surface area contributed by atoms with Gasteiger partial charge in [-0.15, -0.1) is 0 Å². The van der Waals surface area contributed by atoms with E-state index in [4.69, 9.17) is 16.7 Å². The molecule has 3 aromatic heterocycles. The highest BCUT2D eigenvalue weighted by molar-refractivity contribution is 6.30. The van der Waals surface area contributed by atoms with Crippen molar-refractivity contribution >= 4 is 23.2 Å². The second kappa shape index (κ2) is 8.11. The number of imidazole rings is 2. The molecule has 0 aliphatic carbocycles. The number of aromatic amines is 1. The van der Waals surface area contributed by atoms with Crippen LogP contribution in [0, 0.1) is 6.92 Å². The number of aromatic nitrogens is 5. The van der Waals surface area contributed by atoms with Gasteiger partial charge < -0.3 is 15.0 Å². The van der Waals surface area contributed by atoms with Crippen LogP contribution in [0.4, 0.5) is 0 Å². The molecule has 1 aromatic carbocycles. The van der Waals surface area contributed by atoms with E-state index in [1.165, 1.54) is 0 Å². The van der Waals surface area contributed by atoms with Gasteiger partial charge in [0.05, 0.1) is 18.3 Å². The Morgan fingerprint density at radius 1 is 1.24 bits per heavy atom. The first kappa shape index (κ1) is 24.1. The van der Waals surface area contributed by atoms with E-state index in [0.29, 0.717) is 36.2 Å². The van der Waals surface area contributed by atoms with Gasteiger partial charge in [0.2, 0.25) is 0 Å². The molecule has 0 bridgehead atoms. The van der Waals surface area contributed by atoms with Crippen LogP contribution >= 0.6 is 11.6 Å². The molecule has 1 saturated heterocycles. The number of benzene rings is 1. The van der Waals surface area contributed by atoms with Gasteiger partial charge in [0.25, 0.3) is 5.91 Å². The molecule has 2 aliphatic heterocycles. The zero-order chi connectivity index (χ0) is 26.3. The zero-order valence-corrected chi connectivity index (χ0v) is 22.4.